The Kier molecular flexibility index (Phi) is 6.41. The summed E-state index contributed by atoms with van der Waals surface area (Å²) in [6, 6.07) is 12.7. The molecule has 1 aliphatic heterocycles. The summed E-state index contributed by atoms with van der Waals surface area (Å²) in [6.45, 7) is 1.37. The van der Waals surface area contributed by atoms with E-state index in [0.717, 1.165) is 0 Å². The highest BCUT2D eigenvalue weighted by atomic mass is 35.5. The van der Waals surface area contributed by atoms with Gasteiger partial charge in [0.15, 0.2) is 0 Å². The second-order valence-corrected chi connectivity index (χ2v) is 7.26. The summed E-state index contributed by atoms with van der Waals surface area (Å²) in [4.78, 5) is 13.0. The van der Waals surface area contributed by atoms with E-state index in [1.54, 1.807) is 18.2 Å². The van der Waals surface area contributed by atoms with Crippen LogP contribution in [0.15, 0.2) is 42.5 Å². The summed E-state index contributed by atoms with van der Waals surface area (Å²) < 4.78 is 0. The Morgan fingerprint density at radius 1 is 1.21 bits per heavy atom. The molecule has 1 aliphatic rings. The zero-order chi connectivity index (χ0) is 20.9. The van der Waals surface area contributed by atoms with Crippen molar-refractivity contribution in [1.29, 1.82) is 5.26 Å². The number of nitrogens with zero attached hydrogens (tertiary/aromatic N) is 1. The number of aliphatic hydroxyl groups is 1. The number of carbonyl (C=O) groups is 1. The van der Waals surface area contributed by atoms with Gasteiger partial charge in [-0.1, -0.05) is 23.4 Å². The predicted octanol–water partition coefficient (Wildman–Crippen LogP) is 2.64. The minimum atomic E-state index is -1.90. The van der Waals surface area contributed by atoms with Gasteiger partial charge in [-0.15, -0.1) is 0 Å². The number of nitrogens with one attached hydrogen (secondary N) is 2. The van der Waals surface area contributed by atoms with E-state index in [0.29, 0.717) is 42.7 Å². The van der Waals surface area contributed by atoms with Crippen molar-refractivity contribution in [3.63, 3.8) is 0 Å². The molecule has 2 aromatic carbocycles. The molecule has 7 heteroatoms. The molecular formula is C22H20ClN3O3. The van der Waals surface area contributed by atoms with Crippen molar-refractivity contribution in [2.24, 2.45) is 5.92 Å². The number of carbonyl (C=O) groups excluding carboxylic acids is 1. The van der Waals surface area contributed by atoms with E-state index < -0.39 is 11.5 Å². The van der Waals surface area contributed by atoms with Crippen molar-refractivity contribution in [2.75, 3.05) is 18.4 Å². The molecular weight excluding hydrogens is 390 g/mol. The molecule has 1 heterocycles. The summed E-state index contributed by atoms with van der Waals surface area (Å²) >= 11 is 6.04. The summed E-state index contributed by atoms with van der Waals surface area (Å²) in [5.74, 6) is 4.73. The molecule has 0 aliphatic carbocycles. The van der Waals surface area contributed by atoms with Crippen LogP contribution in [0, 0.1) is 29.1 Å². The van der Waals surface area contributed by atoms with E-state index in [2.05, 4.69) is 22.5 Å². The fourth-order valence-electron chi connectivity index (χ4n) is 3.21. The van der Waals surface area contributed by atoms with Crippen LogP contribution in [0.4, 0.5) is 5.69 Å². The summed E-state index contributed by atoms with van der Waals surface area (Å²) in [5, 5.41) is 35.8. The Labute approximate surface area is 174 Å². The topological polar surface area (TPSA) is 105 Å². The van der Waals surface area contributed by atoms with Crippen molar-refractivity contribution < 1.29 is 15.0 Å². The standard InChI is InChI=1S/C22H20ClN3O3/c23-20-13-18(4-3-16(20)14-24)26-21(28)22(29,17-8-11-25-12-9-17)10-7-15-1-5-19(27)6-2-15/h1-6,13,17,25,27,29H,8-9,11-12H2,(H,26,28). The van der Waals surface area contributed by atoms with Crippen molar-refractivity contribution >= 4 is 23.2 Å². The quantitative estimate of drug-likeness (QED) is 0.583. The van der Waals surface area contributed by atoms with Gasteiger partial charge in [0.2, 0.25) is 5.60 Å². The normalized spacial score (nSPS) is 16.0. The molecule has 1 saturated heterocycles. The fraction of sp³-hybridized carbons (Fsp3) is 0.273. The Morgan fingerprint density at radius 3 is 2.52 bits per heavy atom. The molecule has 1 amide bonds. The molecule has 4 N–H and O–H groups in total. The van der Waals surface area contributed by atoms with Crippen LogP contribution in [0.25, 0.3) is 0 Å². The van der Waals surface area contributed by atoms with Gasteiger partial charge in [0.25, 0.3) is 5.91 Å². The number of benzene rings is 2. The first-order chi connectivity index (χ1) is 13.9. The molecule has 29 heavy (non-hydrogen) atoms. The number of amides is 1. The molecule has 1 atom stereocenters. The van der Waals surface area contributed by atoms with Crippen LogP contribution in [-0.4, -0.2) is 34.8 Å². The largest absolute Gasteiger partial charge is 0.508 e. The first-order valence-electron chi connectivity index (χ1n) is 9.19. The second kappa shape index (κ2) is 8.98. The van der Waals surface area contributed by atoms with E-state index in [1.807, 2.05) is 6.07 Å². The Morgan fingerprint density at radius 2 is 1.90 bits per heavy atom. The van der Waals surface area contributed by atoms with Gasteiger partial charge >= 0.3 is 0 Å². The number of nitriles is 1. The van der Waals surface area contributed by atoms with Gasteiger partial charge in [-0.05, 0) is 68.4 Å². The highest BCUT2D eigenvalue weighted by Gasteiger charge is 2.43. The number of hydrogen-bond donors (Lipinski definition) is 4. The second-order valence-electron chi connectivity index (χ2n) is 6.85. The molecule has 0 aromatic heterocycles. The smallest absolute Gasteiger partial charge is 0.269 e. The Hall–Kier alpha value is -3.03. The SMILES string of the molecule is N#Cc1ccc(NC(=O)C(O)(C#Cc2ccc(O)cc2)C2CCNCC2)cc1Cl. The number of anilines is 1. The van der Waals surface area contributed by atoms with Crippen molar-refractivity contribution in [3.8, 4) is 23.7 Å². The lowest BCUT2D eigenvalue weighted by atomic mass is 9.80. The molecule has 0 bridgehead atoms. The average Bonchev–Trinajstić information content (AvgIpc) is 2.74. The molecule has 1 unspecified atom stereocenters. The number of piperidine rings is 1. The van der Waals surface area contributed by atoms with Crippen LogP contribution in [0.5, 0.6) is 5.75 Å². The number of hydrogen-bond acceptors (Lipinski definition) is 5. The van der Waals surface area contributed by atoms with Crippen molar-refractivity contribution in [3.05, 3.63) is 58.6 Å². The molecule has 3 rings (SSSR count). The maximum atomic E-state index is 13.0. The lowest BCUT2D eigenvalue weighted by Gasteiger charge is -2.33. The van der Waals surface area contributed by atoms with Crippen molar-refractivity contribution in [2.45, 2.75) is 18.4 Å². The molecule has 1 fully saturated rings. The monoisotopic (exact) mass is 409 g/mol. The molecule has 0 spiro atoms. The first-order valence-corrected chi connectivity index (χ1v) is 9.56. The van der Waals surface area contributed by atoms with Gasteiger partial charge in [-0.2, -0.15) is 5.26 Å². The lowest BCUT2D eigenvalue weighted by molar-refractivity contribution is -0.133. The Balaban J connectivity index is 1.90. The number of phenols is 1. The maximum Gasteiger partial charge on any atom is 0.269 e. The number of halogens is 1. The zero-order valence-electron chi connectivity index (χ0n) is 15.6. The molecule has 2 aromatic rings. The van der Waals surface area contributed by atoms with Gasteiger partial charge in [0.05, 0.1) is 10.6 Å². The van der Waals surface area contributed by atoms with E-state index >= 15 is 0 Å². The summed E-state index contributed by atoms with van der Waals surface area (Å²) in [6.07, 6.45) is 1.20. The molecule has 0 radical (unpaired) electrons. The van der Waals surface area contributed by atoms with Crippen LogP contribution in [0.3, 0.4) is 0 Å². The summed E-state index contributed by atoms with van der Waals surface area (Å²) in [7, 11) is 0. The zero-order valence-corrected chi connectivity index (χ0v) is 16.3. The third-order valence-electron chi connectivity index (χ3n) is 4.89. The van der Waals surface area contributed by atoms with Crippen LogP contribution in [-0.2, 0) is 4.79 Å². The molecule has 6 nitrogen and oxygen atoms in total. The minimum Gasteiger partial charge on any atom is -0.508 e. The van der Waals surface area contributed by atoms with Crippen LogP contribution < -0.4 is 10.6 Å². The van der Waals surface area contributed by atoms with Crippen molar-refractivity contribution in [1.82, 2.24) is 5.32 Å². The van der Waals surface area contributed by atoms with Crippen LogP contribution in [0.1, 0.15) is 24.0 Å². The van der Waals surface area contributed by atoms with E-state index in [4.69, 9.17) is 16.9 Å². The lowest BCUT2D eigenvalue weighted by Crippen LogP contribution is -2.51. The molecule has 148 valence electrons. The number of phenolic OH excluding ortho intramolecular Hbond substituents is 1. The van der Waals surface area contributed by atoms with Crippen LogP contribution in [0.2, 0.25) is 5.02 Å². The van der Waals surface area contributed by atoms with Crippen LogP contribution >= 0.6 is 11.6 Å². The third-order valence-corrected chi connectivity index (χ3v) is 5.20. The van der Waals surface area contributed by atoms with Gasteiger partial charge in [0.1, 0.15) is 11.8 Å². The third kappa shape index (κ3) is 4.88. The number of aromatic hydroxyl groups is 1. The van der Waals surface area contributed by atoms with E-state index in [9.17, 15) is 15.0 Å². The molecule has 0 saturated carbocycles. The highest BCUT2D eigenvalue weighted by molar-refractivity contribution is 6.32. The first kappa shape index (κ1) is 20.7. The summed E-state index contributed by atoms with van der Waals surface area (Å²) in [5.41, 5.74) is -0.659. The number of rotatable bonds is 3. The van der Waals surface area contributed by atoms with E-state index in [1.165, 1.54) is 24.3 Å². The van der Waals surface area contributed by atoms with Gasteiger partial charge in [-0.3, -0.25) is 4.79 Å². The maximum absolute atomic E-state index is 13.0. The van der Waals surface area contributed by atoms with Gasteiger partial charge in [-0.25, -0.2) is 0 Å². The van der Waals surface area contributed by atoms with E-state index in [-0.39, 0.29) is 16.7 Å². The predicted molar refractivity (Wildman–Crippen MR) is 110 cm³/mol. The minimum absolute atomic E-state index is 0.111. The van der Waals surface area contributed by atoms with Gasteiger partial charge < -0.3 is 20.8 Å². The van der Waals surface area contributed by atoms with Gasteiger partial charge in [0, 0.05) is 17.2 Å². The highest BCUT2D eigenvalue weighted by Crippen LogP contribution is 2.28. The average molecular weight is 410 g/mol. The Bertz CT molecular complexity index is 999. The fourth-order valence-corrected chi connectivity index (χ4v) is 3.43.